The van der Waals surface area contributed by atoms with Gasteiger partial charge in [0.25, 0.3) is 0 Å². The summed E-state index contributed by atoms with van der Waals surface area (Å²) in [5.41, 5.74) is 1.97. The Hall–Kier alpha value is -2.82. The number of hydrogen-bond acceptors (Lipinski definition) is 2. The average Bonchev–Trinajstić information content (AvgIpc) is 2.49. The molecular weight excluding hydrogens is 268 g/mol. The van der Waals surface area contributed by atoms with Crippen molar-refractivity contribution in [2.75, 3.05) is 11.9 Å². The number of urea groups is 1. The van der Waals surface area contributed by atoms with Crippen molar-refractivity contribution in [3.63, 3.8) is 0 Å². The van der Waals surface area contributed by atoms with Gasteiger partial charge in [-0.1, -0.05) is 30.3 Å². The molecule has 108 valence electrons. The Morgan fingerprint density at radius 2 is 1.62 bits per heavy atom. The van der Waals surface area contributed by atoms with Gasteiger partial charge < -0.3 is 15.7 Å². The SMILES string of the molecule is O=C(NCCc1ccc(C(=O)O)cc1)Nc1ccccc1. The molecule has 2 aromatic carbocycles. The first kappa shape index (κ1) is 14.6. The first-order chi connectivity index (χ1) is 10.1. The number of nitrogens with one attached hydrogen (secondary N) is 2. The van der Waals surface area contributed by atoms with Gasteiger partial charge in [0.15, 0.2) is 0 Å². The zero-order valence-electron chi connectivity index (χ0n) is 11.4. The van der Waals surface area contributed by atoms with Crippen molar-refractivity contribution in [1.29, 1.82) is 0 Å². The van der Waals surface area contributed by atoms with Crippen LogP contribution in [0.15, 0.2) is 54.6 Å². The second-order valence-corrected chi connectivity index (χ2v) is 4.50. The minimum absolute atomic E-state index is 0.258. The average molecular weight is 284 g/mol. The van der Waals surface area contributed by atoms with Crippen molar-refractivity contribution in [2.45, 2.75) is 6.42 Å². The summed E-state index contributed by atoms with van der Waals surface area (Å²) in [6.07, 6.45) is 0.641. The van der Waals surface area contributed by atoms with E-state index in [0.717, 1.165) is 11.3 Å². The maximum absolute atomic E-state index is 11.6. The molecule has 0 aliphatic heterocycles. The molecule has 0 saturated carbocycles. The Balaban J connectivity index is 1.76. The van der Waals surface area contributed by atoms with Crippen LogP contribution >= 0.6 is 0 Å². The van der Waals surface area contributed by atoms with Crippen molar-refractivity contribution >= 4 is 17.7 Å². The van der Waals surface area contributed by atoms with Crippen LogP contribution in [0.3, 0.4) is 0 Å². The number of carbonyl (C=O) groups is 2. The number of carbonyl (C=O) groups excluding carboxylic acids is 1. The maximum Gasteiger partial charge on any atom is 0.335 e. The summed E-state index contributed by atoms with van der Waals surface area (Å²) in [4.78, 5) is 22.4. The van der Waals surface area contributed by atoms with Crippen LogP contribution in [-0.2, 0) is 6.42 Å². The van der Waals surface area contributed by atoms with E-state index in [4.69, 9.17) is 5.11 Å². The number of carboxylic acids is 1. The molecule has 0 spiro atoms. The minimum atomic E-state index is -0.943. The summed E-state index contributed by atoms with van der Waals surface area (Å²) in [5.74, 6) is -0.943. The molecule has 3 N–H and O–H groups in total. The van der Waals surface area contributed by atoms with E-state index in [1.165, 1.54) is 0 Å². The zero-order valence-corrected chi connectivity index (χ0v) is 11.4. The zero-order chi connectivity index (χ0) is 15.1. The van der Waals surface area contributed by atoms with Crippen molar-refractivity contribution in [2.24, 2.45) is 0 Å². The quantitative estimate of drug-likeness (QED) is 0.790. The van der Waals surface area contributed by atoms with Crippen molar-refractivity contribution < 1.29 is 14.7 Å². The van der Waals surface area contributed by atoms with Crippen molar-refractivity contribution in [3.8, 4) is 0 Å². The van der Waals surface area contributed by atoms with E-state index >= 15 is 0 Å². The molecule has 5 heteroatoms. The van der Waals surface area contributed by atoms with Gasteiger partial charge in [0.2, 0.25) is 0 Å². The number of hydrogen-bond donors (Lipinski definition) is 3. The molecule has 0 aliphatic carbocycles. The molecule has 5 nitrogen and oxygen atoms in total. The van der Waals surface area contributed by atoms with Gasteiger partial charge in [-0.25, -0.2) is 9.59 Å². The van der Waals surface area contributed by atoms with Crippen LogP contribution < -0.4 is 10.6 Å². The third-order valence-corrected chi connectivity index (χ3v) is 2.93. The van der Waals surface area contributed by atoms with Crippen LogP contribution in [0.2, 0.25) is 0 Å². The lowest BCUT2D eigenvalue weighted by molar-refractivity contribution is 0.0697. The standard InChI is InChI=1S/C16H16N2O3/c19-15(20)13-8-6-12(7-9-13)10-11-17-16(21)18-14-4-2-1-3-5-14/h1-9H,10-11H2,(H,19,20)(H2,17,18,21). The first-order valence-corrected chi connectivity index (χ1v) is 6.57. The van der Waals surface area contributed by atoms with Crippen LogP contribution in [0.1, 0.15) is 15.9 Å². The second-order valence-electron chi connectivity index (χ2n) is 4.50. The van der Waals surface area contributed by atoms with E-state index in [1.54, 1.807) is 24.3 Å². The van der Waals surface area contributed by atoms with Gasteiger partial charge in [0, 0.05) is 12.2 Å². The third kappa shape index (κ3) is 4.65. The van der Waals surface area contributed by atoms with Gasteiger partial charge in [-0.15, -0.1) is 0 Å². The Morgan fingerprint density at radius 1 is 0.952 bits per heavy atom. The minimum Gasteiger partial charge on any atom is -0.478 e. The van der Waals surface area contributed by atoms with Gasteiger partial charge in [0.1, 0.15) is 0 Å². The molecule has 0 fully saturated rings. The predicted molar refractivity (Wildman–Crippen MR) is 80.6 cm³/mol. The molecule has 0 heterocycles. The Kier molecular flexibility index (Phi) is 4.93. The van der Waals surface area contributed by atoms with Crippen LogP contribution in [0, 0.1) is 0 Å². The fraction of sp³-hybridized carbons (Fsp3) is 0.125. The molecule has 0 aliphatic rings. The van der Waals surface area contributed by atoms with E-state index in [1.807, 2.05) is 30.3 Å². The smallest absolute Gasteiger partial charge is 0.335 e. The third-order valence-electron chi connectivity index (χ3n) is 2.93. The highest BCUT2D eigenvalue weighted by Gasteiger charge is 2.03. The molecule has 0 atom stereocenters. The number of anilines is 1. The summed E-state index contributed by atoms with van der Waals surface area (Å²) < 4.78 is 0. The molecule has 0 unspecified atom stereocenters. The maximum atomic E-state index is 11.6. The number of aromatic carboxylic acids is 1. The number of benzene rings is 2. The van der Waals surface area contributed by atoms with E-state index in [2.05, 4.69) is 10.6 Å². The topological polar surface area (TPSA) is 78.4 Å². The lowest BCUT2D eigenvalue weighted by Crippen LogP contribution is -2.30. The Labute approximate surface area is 122 Å². The van der Waals surface area contributed by atoms with Crippen LogP contribution in [0.25, 0.3) is 0 Å². The molecule has 0 bridgehead atoms. The van der Waals surface area contributed by atoms with Gasteiger partial charge in [-0.05, 0) is 36.2 Å². The predicted octanol–water partition coefficient (Wildman–Crippen LogP) is 2.75. The number of carboxylic acid groups (broad SMARTS) is 1. The van der Waals surface area contributed by atoms with Gasteiger partial charge in [-0.2, -0.15) is 0 Å². The van der Waals surface area contributed by atoms with E-state index < -0.39 is 5.97 Å². The lowest BCUT2D eigenvalue weighted by Gasteiger charge is -2.07. The molecule has 2 amide bonds. The highest BCUT2D eigenvalue weighted by molar-refractivity contribution is 5.89. The fourth-order valence-corrected chi connectivity index (χ4v) is 1.83. The summed E-state index contributed by atoms with van der Waals surface area (Å²) >= 11 is 0. The normalized spacial score (nSPS) is 9.90. The van der Waals surface area contributed by atoms with Gasteiger partial charge in [-0.3, -0.25) is 0 Å². The summed E-state index contributed by atoms with van der Waals surface area (Å²) in [7, 11) is 0. The summed E-state index contributed by atoms with van der Waals surface area (Å²) in [6, 6.07) is 15.5. The number of rotatable bonds is 5. The number of para-hydroxylation sites is 1. The second kappa shape index (κ2) is 7.09. The van der Waals surface area contributed by atoms with Gasteiger partial charge >= 0.3 is 12.0 Å². The van der Waals surface area contributed by atoms with Crippen molar-refractivity contribution in [1.82, 2.24) is 5.32 Å². The fourth-order valence-electron chi connectivity index (χ4n) is 1.83. The molecule has 21 heavy (non-hydrogen) atoms. The molecular formula is C16H16N2O3. The largest absolute Gasteiger partial charge is 0.478 e. The summed E-state index contributed by atoms with van der Waals surface area (Å²) in [5, 5.41) is 14.3. The van der Waals surface area contributed by atoms with Crippen molar-refractivity contribution in [3.05, 3.63) is 65.7 Å². The highest BCUT2D eigenvalue weighted by atomic mass is 16.4. The van der Waals surface area contributed by atoms with Crippen LogP contribution in [0.4, 0.5) is 10.5 Å². The monoisotopic (exact) mass is 284 g/mol. The van der Waals surface area contributed by atoms with Crippen LogP contribution in [0.5, 0.6) is 0 Å². The molecule has 2 rings (SSSR count). The first-order valence-electron chi connectivity index (χ1n) is 6.57. The van der Waals surface area contributed by atoms with E-state index in [-0.39, 0.29) is 11.6 Å². The molecule has 0 saturated heterocycles. The molecule has 0 radical (unpaired) electrons. The number of amides is 2. The van der Waals surface area contributed by atoms with Gasteiger partial charge in [0.05, 0.1) is 5.56 Å². The Bertz CT molecular complexity index is 609. The molecule has 0 aromatic heterocycles. The van der Waals surface area contributed by atoms with Crippen LogP contribution in [-0.4, -0.2) is 23.7 Å². The lowest BCUT2D eigenvalue weighted by atomic mass is 10.1. The molecule has 2 aromatic rings. The van der Waals surface area contributed by atoms with E-state index in [9.17, 15) is 9.59 Å². The summed E-state index contributed by atoms with van der Waals surface area (Å²) in [6.45, 7) is 0.477. The highest BCUT2D eigenvalue weighted by Crippen LogP contribution is 2.06. The van der Waals surface area contributed by atoms with E-state index in [0.29, 0.717) is 13.0 Å². The Morgan fingerprint density at radius 3 is 2.24 bits per heavy atom.